The predicted octanol–water partition coefficient (Wildman–Crippen LogP) is 0.786. The van der Waals surface area contributed by atoms with Crippen LogP contribution >= 0.6 is 11.3 Å². The third-order valence-electron chi connectivity index (χ3n) is 4.68. The largest absolute Gasteiger partial charge is 0.381 e. The topological polar surface area (TPSA) is 75.9 Å². The van der Waals surface area contributed by atoms with Crippen LogP contribution in [0.5, 0.6) is 0 Å². The van der Waals surface area contributed by atoms with Gasteiger partial charge < -0.3 is 15.4 Å². The average molecular weight is 337 g/mol. The Hall–Kier alpha value is -1.44. The molecular weight excluding hydrogens is 314 g/mol. The number of thiophene rings is 1. The Kier molecular flexibility index (Phi) is 5.30. The Morgan fingerprint density at radius 1 is 1.22 bits per heavy atom. The second-order valence-electron chi connectivity index (χ2n) is 6.17. The van der Waals surface area contributed by atoms with Crippen molar-refractivity contribution in [3.05, 3.63) is 22.4 Å². The first-order chi connectivity index (χ1) is 11.1. The quantitative estimate of drug-likeness (QED) is 0.885. The highest BCUT2D eigenvalue weighted by atomic mass is 32.1. The molecule has 1 unspecified atom stereocenters. The Morgan fingerprint density at radius 2 is 2.00 bits per heavy atom. The molecule has 3 heterocycles. The molecule has 2 aliphatic heterocycles. The third kappa shape index (κ3) is 3.91. The lowest BCUT2D eigenvalue weighted by Crippen LogP contribution is -2.44. The zero-order valence-electron chi connectivity index (χ0n) is 13.1. The molecular formula is C16H23N3O3S. The normalized spacial score (nSPS) is 24.3. The molecule has 7 heteroatoms. The lowest BCUT2D eigenvalue weighted by Gasteiger charge is -2.34. The Labute approximate surface area is 140 Å². The van der Waals surface area contributed by atoms with E-state index < -0.39 is 0 Å². The molecule has 23 heavy (non-hydrogen) atoms. The number of nitrogens with two attached hydrogens (primary N) is 1. The van der Waals surface area contributed by atoms with E-state index in [-0.39, 0.29) is 17.7 Å². The molecule has 2 aliphatic rings. The molecule has 0 aliphatic carbocycles. The molecule has 0 saturated carbocycles. The van der Waals surface area contributed by atoms with Crippen molar-refractivity contribution in [1.82, 2.24) is 9.80 Å². The van der Waals surface area contributed by atoms with Gasteiger partial charge in [0.1, 0.15) is 0 Å². The Morgan fingerprint density at radius 3 is 2.65 bits per heavy atom. The monoisotopic (exact) mass is 337 g/mol. The third-order valence-corrected chi connectivity index (χ3v) is 5.54. The van der Waals surface area contributed by atoms with Gasteiger partial charge in [0.25, 0.3) is 5.91 Å². The Bertz CT molecular complexity index is 543. The molecule has 0 bridgehead atoms. The van der Waals surface area contributed by atoms with Crippen LogP contribution in [0.4, 0.5) is 0 Å². The van der Waals surface area contributed by atoms with E-state index in [0.717, 1.165) is 32.6 Å². The molecule has 2 N–H and O–H groups in total. The van der Waals surface area contributed by atoms with E-state index in [1.165, 1.54) is 11.3 Å². The average Bonchev–Trinajstić information content (AvgIpc) is 3.00. The molecule has 1 atom stereocenters. The summed E-state index contributed by atoms with van der Waals surface area (Å²) in [5, 5.41) is 1.89. The van der Waals surface area contributed by atoms with Crippen LogP contribution in [0, 0.1) is 5.92 Å². The van der Waals surface area contributed by atoms with Crippen molar-refractivity contribution < 1.29 is 14.3 Å². The van der Waals surface area contributed by atoms with E-state index in [9.17, 15) is 9.59 Å². The number of carbonyl (C=O) groups excluding carboxylic acids is 2. The van der Waals surface area contributed by atoms with Crippen molar-refractivity contribution in [3.8, 4) is 0 Å². The van der Waals surface area contributed by atoms with Crippen LogP contribution in [-0.2, 0) is 9.53 Å². The van der Waals surface area contributed by atoms with Crippen LogP contribution in [0.15, 0.2) is 17.5 Å². The van der Waals surface area contributed by atoms with Gasteiger partial charge in [-0.05, 0) is 24.3 Å². The van der Waals surface area contributed by atoms with Gasteiger partial charge >= 0.3 is 0 Å². The maximum absolute atomic E-state index is 12.6. The summed E-state index contributed by atoms with van der Waals surface area (Å²) in [4.78, 5) is 29.2. The van der Waals surface area contributed by atoms with Gasteiger partial charge in [-0.1, -0.05) is 6.07 Å². The number of rotatable bonds is 3. The van der Waals surface area contributed by atoms with Crippen LogP contribution in [0.2, 0.25) is 0 Å². The summed E-state index contributed by atoms with van der Waals surface area (Å²) in [5.74, 6) is -0.641. The predicted molar refractivity (Wildman–Crippen MR) is 88.3 cm³/mol. The summed E-state index contributed by atoms with van der Waals surface area (Å²) < 4.78 is 5.42. The van der Waals surface area contributed by atoms with Gasteiger partial charge in [0.15, 0.2) is 0 Å². The van der Waals surface area contributed by atoms with Crippen molar-refractivity contribution in [1.29, 1.82) is 0 Å². The smallest absolute Gasteiger partial charge is 0.263 e. The Balaban J connectivity index is 1.72. The van der Waals surface area contributed by atoms with Crippen LogP contribution in [-0.4, -0.2) is 67.0 Å². The van der Waals surface area contributed by atoms with Gasteiger partial charge in [-0.15, -0.1) is 11.3 Å². The summed E-state index contributed by atoms with van der Waals surface area (Å²) in [6.07, 6.45) is 1.95. The molecule has 3 rings (SSSR count). The highest BCUT2D eigenvalue weighted by molar-refractivity contribution is 7.12. The summed E-state index contributed by atoms with van der Waals surface area (Å²) in [6, 6.07) is 4.12. The lowest BCUT2D eigenvalue weighted by atomic mass is 10.0. The first-order valence-corrected chi connectivity index (χ1v) is 8.97. The highest BCUT2D eigenvalue weighted by Crippen LogP contribution is 2.21. The van der Waals surface area contributed by atoms with E-state index in [4.69, 9.17) is 10.5 Å². The molecule has 2 saturated heterocycles. The fourth-order valence-electron chi connectivity index (χ4n) is 3.34. The second kappa shape index (κ2) is 7.42. The van der Waals surface area contributed by atoms with Crippen molar-refractivity contribution >= 4 is 23.2 Å². The molecule has 0 aromatic carbocycles. The van der Waals surface area contributed by atoms with E-state index in [2.05, 4.69) is 4.90 Å². The van der Waals surface area contributed by atoms with Crippen LogP contribution in [0.25, 0.3) is 0 Å². The number of hydrogen-bond donors (Lipinski definition) is 1. The van der Waals surface area contributed by atoms with Crippen molar-refractivity contribution in [2.45, 2.75) is 18.9 Å². The van der Waals surface area contributed by atoms with Gasteiger partial charge in [0, 0.05) is 45.4 Å². The summed E-state index contributed by atoms with van der Waals surface area (Å²) >= 11 is 1.43. The second-order valence-corrected chi connectivity index (χ2v) is 7.11. The number of ether oxygens (including phenoxy) is 1. The fraction of sp³-hybridized carbons (Fsp3) is 0.625. The van der Waals surface area contributed by atoms with Gasteiger partial charge in [0.05, 0.1) is 10.8 Å². The van der Waals surface area contributed by atoms with Gasteiger partial charge in [-0.25, -0.2) is 0 Å². The highest BCUT2D eigenvalue weighted by Gasteiger charge is 2.32. The molecule has 1 aromatic heterocycles. The molecule has 6 nitrogen and oxygen atoms in total. The number of nitrogens with zero attached hydrogens (tertiary/aromatic N) is 2. The fourth-order valence-corrected chi connectivity index (χ4v) is 4.03. The van der Waals surface area contributed by atoms with Crippen LogP contribution in [0.1, 0.15) is 22.5 Å². The lowest BCUT2D eigenvalue weighted by molar-refractivity contribution is -0.122. The van der Waals surface area contributed by atoms with Gasteiger partial charge in [-0.2, -0.15) is 0 Å². The van der Waals surface area contributed by atoms with E-state index >= 15 is 0 Å². The summed E-state index contributed by atoms with van der Waals surface area (Å²) in [7, 11) is 0. The van der Waals surface area contributed by atoms with Crippen LogP contribution in [0.3, 0.4) is 0 Å². The van der Waals surface area contributed by atoms with E-state index in [1.807, 2.05) is 17.5 Å². The van der Waals surface area contributed by atoms with Crippen molar-refractivity contribution in [2.24, 2.45) is 11.7 Å². The van der Waals surface area contributed by atoms with Crippen molar-refractivity contribution in [3.63, 3.8) is 0 Å². The molecule has 1 aromatic rings. The number of amides is 2. The molecule has 2 amide bonds. The zero-order valence-corrected chi connectivity index (χ0v) is 14.0. The maximum Gasteiger partial charge on any atom is 0.263 e. The van der Waals surface area contributed by atoms with Gasteiger partial charge in [0.2, 0.25) is 5.91 Å². The number of hydrogen-bond acceptors (Lipinski definition) is 5. The molecule has 2 fully saturated rings. The zero-order chi connectivity index (χ0) is 16.2. The summed E-state index contributed by atoms with van der Waals surface area (Å²) in [6.45, 7) is 3.99. The van der Waals surface area contributed by atoms with Crippen molar-refractivity contribution in [2.75, 3.05) is 39.4 Å². The minimum absolute atomic E-state index is 0.0000718. The number of carbonyl (C=O) groups is 2. The van der Waals surface area contributed by atoms with E-state index in [1.54, 1.807) is 4.90 Å². The molecule has 0 radical (unpaired) electrons. The van der Waals surface area contributed by atoms with E-state index in [0.29, 0.717) is 30.6 Å². The maximum atomic E-state index is 12.6. The minimum Gasteiger partial charge on any atom is -0.381 e. The number of primary amides is 1. The standard InChI is InChI=1S/C16H23N3O3S/c17-15(20)12-10-18(13-3-7-22-8-4-13)5-6-19(11-12)16(21)14-2-1-9-23-14/h1-2,9,12-13H,3-8,10-11H2,(H2,17,20). The first-order valence-electron chi connectivity index (χ1n) is 8.09. The minimum atomic E-state index is -0.326. The first kappa shape index (κ1) is 16.4. The molecule has 126 valence electrons. The van der Waals surface area contributed by atoms with Gasteiger partial charge in [-0.3, -0.25) is 14.5 Å². The molecule has 0 spiro atoms. The van der Waals surface area contributed by atoms with Crippen LogP contribution < -0.4 is 5.73 Å². The summed E-state index contributed by atoms with van der Waals surface area (Å²) in [5.41, 5.74) is 5.58. The SMILES string of the molecule is NC(=O)C1CN(C(=O)c2cccs2)CCN(C2CCOCC2)C1.